The molecule has 1 aliphatic carbocycles. The number of nitrogens with zero attached hydrogens (tertiary/aromatic N) is 1. The molecule has 2 aromatic rings. The molecule has 0 unspecified atom stereocenters. The van der Waals surface area contributed by atoms with Crippen molar-refractivity contribution in [1.29, 1.82) is 0 Å². The molecular weight excluding hydrogens is 270 g/mol. The highest BCUT2D eigenvalue weighted by Gasteiger charge is 2.39. The zero-order valence-electron chi connectivity index (χ0n) is 13.4. The average Bonchev–Trinajstić information content (AvgIpc) is 3.34. The monoisotopic (exact) mass is 295 g/mol. The molecule has 4 atom stereocenters. The van der Waals surface area contributed by atoms with Crippen molar-refractivity contribution in [1.82, 2.24) is 4.90 Å². The molecule has 1 saturated carbocycles. The van der Waals surface area contributed by atoms with Gasteiger partial charge in [-0.3, -0.25) is 0 Å². The van der Waals surface area contributed by atoms with Crippen molar-refractivity contribution in [2.75, 3.05) is 13.6 Å². The van der Waals surface area contributed by atoms with Gasteiger partial charge in [0.25, 0.3) is 0 Å². The molecule has 1 fully saturated rings. The number of aliphatic hydroxyl groups is 1. The second-order valence-electron chi connectivity index (χ2n) is 6.55. The Kier molecular flexibility index (Phi) is 4.60. The summed E-state index contributed by atoms with van der Waals surface area (Å²) in [5.74, 6) is 1.42. The second-order valence-corrected chi connectivity index (χ2v) is 6.55. The normalized spacial score (nSPS) is 23.3. The molecule has 0 radical (unpaired) electrons. The van der Waals surface area contributed by atoms with E-state index in [1.165, 1.54) is 12.0 Å². The molecule has 1 N–H and O–H groups in total. The van der Waals surface area contributed by atoms with Gasteiger partial charge in [-0.15, -0.1) is 0 Å². The molecular formula is C20H25NO. The summed E-state index contributed by atoms with van der Waals surface area (Å²) in [7, 11) is 2.12. The SMILES string of the molecule is C[C@@H]([C@H](O)c1ccccc1)N(C)C[C@@H]1C[C@H]1c1ccccc1. The van der Waals surface area contributed by atoms with Crippen LogP contribution in [0.1, 0.15) is 36.5 Å². The molecule has 3 rings (SSSR count). The fraction of sp³-hybridized carbons (Fsp3) is 0.400. The van der Waals surface area contributed by atoms with Crippen LogP contribution in [0.15, 0.2) is 60.7 Å². The third-order valence-electron chi connectivity index (χ3n) is 4.97. The van der Waals surface area contributed by atoms with Gasteiger partial charge >= 0.3 is 0 Å². The Balaban J connectivity index is 1.55. The smallest absolute Gasteiger partial charge is 0.0942 e. The second kappa shape index (κ2) is 6.64. The van der Waals surface area contributed by atoms with Gasteiger partial charge < -0.3 is 10.0 Å². The first kappa shape index (κ1) is 15.3. The van der Waals surface area contributed by atoms with Gasteiger partial charge in [-0.05, 0) is 43.4 Å². The topological polar surface area (TPSA) is 23.5 Å². The molecule has 0 spiro atoms. The number of benzene rings is 2. The molecule has 0 aliphatic heterocycles. The van der Waals surface area contributed by atoms with Gasteiger partial charge in [-0.25, -0.2) is 0 Å². The minimum atomic E-state index is -0.430. The summed E-state index contributed by atoms with van der Waals surface area (Å²) < 4.78 is 0. The van der Waals surface area contributed by atoms with E-state index in [4.69, 9.17) is 0 Å². The number of rotatable bonds is 6. The molecule has 0 bridgehead atoms. The zero-order valence-corrected chi connectivity index (χ0v) is 13.4. The van der Waals surface area contributed by atoms with E-state index >= 15 is 0 Å². The third kappa shape index (κ3) is 3.40. The van der Waals surface area contributed by atoms with Crippen LogP contribution in [0.25, 0.3) is 0 Å². The lowest BCUT2D eigenvalue weighted by molar-refractivity contribution is 0.0700. The van der Waals surface area contributed by atoms with Crippen molar-refractivity contribution in [3.05, 3.63) is 71.8 Å². The molecule has 22 heavy (non-hydrogen) atoms. The molecule has 116 valence electrons. The summed E-state index contributed by atoms with van der Waals surface area (Å²) in [6, 6.07) is 20.9. The minimum Gasteiger partial charge on any atom is -0.387 e. The van der Waals surface area contributed by atoms with Crippen LogP contribution in [0.3, 0.4) is 0 Å². The number of likely N-dealkylation sites (N-methyl/N-ethyl adjacent to an activating group) is 1. The van der Waals surface area contributed by atoms with Crippen LogP contribution >= 0.6 is 0 Å². The predicted octanol–water partition coefficient (Wildman–Crippen LogP) is 3.84. The van der Waals surface area contributed by atoms with Gasteiger partial charge in [0.1, 0.15) is 0 Å². The average molecular weight is 295 g/mol. The lowest BCUT2D eigenvalue weighted by Gasteiger charge is -2.29. The van der Waals surface area contributed by atoms with Crippen LogP contribution < -0.4 is 0 Å². The maximum Gasteiger partial charge on any atom is 0.0942 e. The van der Waals surface area contributed by atoms with E-state index in [0.29, 0.717) is 5.92 Å². The molecule has 0 aromatic heterocycles. The summed E-state index contributed by atoms with van der Waals surface area (Å²) >= 11 is 0. The third-order valence-corrected chi connectivity index (χ3v) is 4.97. The highest BCUT2D eigenvalue weighted by atomic mass is 16.3. The van der Waals surface area contributed by atoms with Crippen LogP contribution in [0.2, 0.25) is 0 Å². The van der Waals surface area contributed by atoms with Crippen molar-refractivity contribution >= 4 is 0 Å². The van der Waals surface area contributed by atoms with Gasteiger partial charge in [0.15, 0.2) is 0 Å². The highest BCUT2D eigenvalue weighted by molar-refractivity contribution is 5.26. The minimum absolute atomic E-state index is 0.124. The first-order chi connectivity index (χ1) is 10.7. The Morgan fingerprint density at radius 3 is 2.27 bits per heavy atom. The van der Waals surface area contributed by atoms with Gasteiger partial charge in [-0.2, -0.15) is 0 Å². The lowest BCUT2D eigenvalue weighted by Crippen LogP contribution is -2.36. The summed E-state index contributed by atoms with van der Waals surface area (Å²) in [5.41, 5.74) is 2.45. The van der Waals surface area contributed by atoms with Gasteiger partial charge in [0.05, 0.1) is 6.10 Å². The fourth-order valence-corrected chi connectivity index (χ4v) is 3.26. The maximum absolute atomic E-state index is 10.5. The van der Waals surface area contributed by atoms with E-state index in [1.54, 1.807) is 0 Å². The Labute approximate surface area is 133 Å². The van der Waals surface area contributed by atoms with E-state index in [1.807, 2.05) is 30.3 Å². The first-order valence-electron chi connectivity index (χ1n) is 8.15. The van der Waals surface area contributed by atoms with Crippen molar-refractivity contribution in [3.63, 3.8) is 0 Å². The summed E-state index contributed by atoms with van der Waals surface area (Å²) in [5, 5.41) is 10.5. The molecule has 2 aromatic carbocycles. The number of aliphatic hydroxyl groups excluding tert-OH is 1. The Morgan fingerprint density at radius 2 is 1.64 bits per heavy atom. The highest BCUT2D eigenvalue weighted by Crippen LogP contribution is 2.47. The Hall–Kier alpha value is -1.64. The van der Waals surface area contributed by atoms with Gasteiger partial charge in [0, 0.05) is 12.6 Å². The van der Waals surface area contributed by atoms with E-state index < -0.39 is 6.10 Å². The molecule has 0 heterocycles. The lowest BCUT2D eigenvalue weighted by atomic mass is 10.0. The van der Waals surface area contributed by atoms with Crippen LogP contribution in [0.4, 0.5) is 0 Å². The van der Waals surface area contributed by atoms with Gasteiger partial charge in [0.2, 0.25) is 0 Å². The maximum atomic E-state index is 10.5. The van der Waals surface area contributed by atoms with E-state index in [0.717, 1.165) is 18.0 Å². The quantitative estimate of drug-likeness (QED) is 0.875. The Bertz CT molecular complexity index is 583. The van der Waals surface area contributed by atoms with Crippen molar-refractivity contribution in [3.8, 4) is 0 Å². The molecule has 0 saturated heterocycles. The zero-order chi connectivity index (χ0) is 15.5. The van der Waals surface area contributed by atoms with Crippen LogP contribution in [-0.4, -0.2) is 29.6 Å². The van der Waals surface area contributed by atoms with E-state index in [9.17, 15) is 5.11 Å². The van der Waals surface area contributed by atoms with E-state index in [-0.39, 0.29) is 6.04 Å². The molecule has 2 heteroatoms. The van der Waals surface area contributed by atoms with Gasteiger partial charge in [-0.1, -0.05) is 60.7 Å². The fourth-order valence-electron chi connectivity index (χ4n) is 3.26. The van der Waals surface area contributed by atoms with Crippen molar-refractivity contribution in [2.24, 2.45) is 5.92 Å². The molecule has 0 amide bonds. The number of hydrogen-bond acceptors (Lipinski definition) is 2. The van der Waals surface area contributed by atoms with Crippen LogP contribution in [-0.2, 0) is 0 Å². The first-order valence-corrected chi connectivity index (χ1v) is 8.15. The van der Waals surface area contributed by atoms with Crippen molar-refractivity contribution < 1.29 is 5.11 Å². The number of hydrogen-bond donors (Lipinski definition) is 1. The molecule has 1 aliphatic rings. The Morgan fingerprint density at radius 1 is 1.05 bits per heavy atom. The summed E-state index contributed by atoms with van der Waals surface area (Å²) in [6.45, 7) is 3.15. The summed E-state index contributed by atoms with van der Waals surface area (Å²) in [6.07, 6.45) is 0.836. The largest absolute Gasteiger partial charge is 0.387 e. The van der Waals surface area contributed by atoms with Crippen LogP contribution in [0, 0.1) is 5.92 Å². The van der Waals surface area contributed by atoms with Crippen molar-refractivity contribution in [2.45, 2.75) is 31.4 Å². The van der Waals surface area contributed by atoms with Crippen LogP contribution in [0.5, 0.6) is 0 Å². The molecule has 2 nitrogen and oxygen atoms in total. The van der Waals surface area contributed by atoms with E-state index in [2.05, 4.69) is 49.2 Å². The predicted molar refractivity (Wildman–Crippen MR) is 90.8 cm³/mol. The summed E-state index contributed by atoms with van der Waals surface area (Å²) in [4.78, 5) is 2.30. The standard InChI is InChI=1S/C20H25NO/c1-15(20(22)17-11-7-4-8-12-17)21(2)14-18-13-19(18)16-9-5-3-6-10-16/h3-12,15,18-20,22H,13-14H2,1-2H3/t15-,18-,19-,20-/m0/s1.